The molecular formula is C17H19Cl2N7O2. The first-order valence-electron chi connectivity index (χ1n) is 9.23. The van der Waals surface area contributed by atoms with Crippen LogP contribution in [0.15, 0.2) is 12.7 Å². The summed E-state index contributed by atoms with van der Waals surface area (Å²) in [6.45, 7) is 0.483. The van der Waals surface area contributed by atoms with E-state index in [1.54, 1.807) is 9.47 Å². The van der Waals surface area contributed by atoms with Crippen LogP contribution in [0.25, 0.3) is 11.2 Å². The van der Waals surface area contributed by atoms with E-state index in [-0.39, 0.29) is 36.1 Å². The average Bonchev–Trinajstić information content (AvgIpc) is 3.42. The minimum absolute atomic E-state index is 0.0506. The van der Waals surface area contributed by atoms with Gasteiger partial charge in [-0.2, -0.15) is 0 Å². The van der Waals surface area contributed by atoms with E-state index in [4.69, 9.17) is 28.9 Å². The Bertz CT molecular complexity index is 978. The van der Waals surface area contributed by atoms with Gasteiger partial charge in [0.05, 0.1) is 6.33 Å². The molecule has 0 aromatic carbocycles. The van der Waals surface area contributed by atoms with Crippen molar-refractivity contribution >= 4 is 52.0 Å². The van der Waals surface area contributed by atoms with E-state index in [0.717, 1.165) is 6.42 Å². The summed E-state index contributed by atoms with van der Waals surface area (Å²) in [5.74, 6) is 0.475. The van der Waals surface area contributed by atoms with Gasteiger partial charge in [0.15, 0.2) is 11.5 Å². The zero-order valence-corrected chi connectivity index (χ0v) is 16.4. The highest BCUT2D eigenvalue weighted by atomic mass is 35.5. The summed E-state index contributed by atoms with van der Waals surface area (Å²) < 4.78 is 0.909. The van der Waals surface area contributed by atoms with E-state index >= 15 is 0 Å². The second-order valence-electron chi connectivity index (χ2n) is 7.83. The number of carbonyl (C=O) groups is 2. The third-order valence-electron chi connectivity index (χ3n) is 5.91. The predicted molar refractivity (Wildman–Crippen MR) is 102 cm³/mol. The maximum absolute atomic E-state index is 13.0. The van der Waals surface area contributed by atoms with Crippen LogP contribution in [0, 0.1) is 11.8 Å². The summed E-state index contributed by atoms with van der Waals surface area (Å²) >= 11 is 12.0. The molecule has 2 aliphatic carbocycles. The van der Waals surface area contributed by atoms with Crippen molar-refractivity contribution in [3.05, 3.63) is 12.7 Å². The van der Waals surface area contributed by atoms with Gasteiger partial charge in [-0.1, -0.05) is 0 Å². The Morgan fingerprint density at radius 1 is 1.29 bits per heavy atom. The van der Waals surface area contributed by atoms with E-state index in [9.17, 15) is 9.59 Å². The van der Waals surface area contributed by atoms with Crippen LogP contribution in [0.2, 0.25) is 0 Å². The van der Waals surface area contributed by atoms with E-state index < -0.39 is 10.4 Å². The van der Waals surface area contributed by atoms with E-state index in [1.165, 1.54) is 12.7 Å². The van der Waals surface area contributed by atoms with E-state index in [1.807, 2.05) is 0 Å². The van der Waals surface area contributed by atoms with Crippen molar-refractivity contribution in [1.82, 2.24) is 29.7 Å². The quantitative estimate of drug-likeness (QED) is 0.683. The van der Waals surface area contributed by atoms with Gasteiger partial charge >= 0.3 is 0 Å². The number of hydrogen-bond donors (Lipinski definition) is 2. The molecule has 11 heteroatoms. The van der Waals surface area contributed by atoms with Crippen LogP contribution in [0.5, 0.6) is 0 Å². The molecule has 9 nitrogen and oxygen atoms in total. The van der Waals surface area contributed by atoms with Crippen LogP contribution >= 0.6 is 23.2 Å². The molecule has 2 aromatic heterocycles. The standard InChI is InChI=1S/C17H19Cl2N7O2/c18-17(19)3-9(17)4-21-16(28)11-2-8-1-10(8)26(11)12(27)5-25-7-24-13-14(20)22-6-23-15(13)25/h6-11H,1-5H2,(H,21,28)(H2,20,22,23)/t8-,9?,10-,11+/m1/s1. The van der Waals surface area contributed by atoms with Gasteiger partial charge in [-0.25, -0.2) is 15.0 Å². The fourth-order valence-corrected chi connectivity index (χ4v) is 4.65. The number of hydrogen-bond acceptors (Lipinski definition) is 6. The Hall–Kier alpha value is -2.13. The van der Waals surface area contributed by atoms with Crippen LogP contribution in [0.4, 0.5) is 5.82 Å². The number of rotatable bonds is 5. The first kappa shape index (κ1) is 17.9. The number of halogens is 2. The number of alkyl halides is 2. The fourth-order valence-electron chi connectivity index (χ4n) is 4.12. The second kappa shape index (κ2) is 6.18. The highest BCUT2D eigenvalue weighted by Gasteiger charge is 2.56. The third kappa shape index (κ3) is 2.97. The Morgan fingerprint density at radius 2 is 2.07 bits per heavy atom. The molecule has 0 bridgehead atoms. The first-order valence-corrected chi connectivity index (χ1v) is 9.99. The third-order valence-corrected chi connectivity index (χ3v) is 6.83. The molecular weight excluding hydrogens is 405 g/mol. The predicted octanol–water partition coefficient (Wildman–Crippen LogP) is 0.708. The van der Waals surface area contributed by atoms with Crippen LogP contribution in [0.1, 0.15) is 19.3 Å². The van der Waals surface area contributed by atoms with Crippen LogP contribution < -0.4 is 11.1 Å². The average molecular weight is 424 g/mol. The number of nitrogens with two attached hydrogens (primary N) is 1. The number of anilines is 1. The number of fused-ring (bicyclic) bond motifs is 2. The van der Waals surface area contributed by atoms with Gasteiger partial charge in [0.25, 0.3) is 0 Å². The Labute approximate surface area is 170 Å². The van der Waals surface area contributed by atoms with Crippen LogP contribution in [-0.2, 0) is 16.1 Å². The van der Waals surface area contributed by atoms with Gasteiger partial charge in [-0.3, -0.25) is 9.59 Å². The van der Waals surface area contributed by atoms with Crippen molar-refractivity contribution < 1.29 is 9.59 Å². The summed E-state index contributed by atoms with van der Waals surface area (Å²) in [4.78, 5) is 39.7. The highest BCUT2D eigenvalue weighted by molar-refractivity contribution is 6.50. The van der Waals surface area contributed by atoms with Crippen molar-refractivity contribution in [3.8, 4) is 0 Å². The number of amides is 2. The summed E-state index contributed by atoms with van der Waals surface area (Å²) in [5, 5.41) is 2.91. The molecule has 2 saturated carbocycles. The minimum Gasteiger partial charge on any atom is -0.382 e. The minimum atomic E-state index is -0.729. The molecule has 2 amide bonds. The molecule has 2 aromatic rings. The lowest BCUT2D eigenvalue weighted by molar-refractivity contribution is -0.140. The molecule has 1 aliphatic heterocycles. The molecule has 148 valence electrons. The van der Waals surface area contributed by atoms with Gasteiger partial charge in [0.1, 0.15) is 28.8 Å². The lowest BCUT2D eigenvalue weighted by Crippen LogP contribution is -2.49. The number of imidazole rings is 1. The van der Waals surface area contributed by atoms with Gasteiger partial charge in [0, 0.05) is 18.5 Å². The number of nitrogens with zero attached hydrogens (tertiary/aromatic N) is 5. The van der Waals surface area contributed by atoms with Crippen LogP contribution in [-0.4, -0.2) is 59.2 Å². The fraction of sp³-hybridized carbons (Fsp3) is 0.588. The van der Waals surface area contributed by atoms with Crippen molar-refractivity contribution in [2.24, 2.45) is 11.8 Å². The number of nitrogen functional groups attached to an aromatic ring is 1. The van der Waals surface area contributed by atoms with Crippen molar-refractivity contribution in [3.63, 3.8) is 0 Å². The maximum atomic E-state index is 13.0. The Kier molecular flexibility index (Phi) is 3.96. The molecule has 0 radical (unpaired) electrons. The largest absolute Gasteiger partial charge is 0.382 e. The van der Waals surface area contributed by atoms with Gasteiger partial charge < -0.3 is 20.5 Å². The van der Waals surface area contributed by atoms with Gasteiger partial charge in [-0.05, 0) is 25.2 Å². The summed E-state index contributed by atoms with van der Waals surface area (Å²) in [6.07, 6.45) is 5.18. The number of piperidine rings is 1. The molecule has 3 heterocycles. The molecule has 4 atom stereocenters. The topological polar surface area (TPSA) is 119 Å². The van der Waals surface area contributed by atoms with Crippen molar-refractivity contribution in [2.75, 3.05) is 12.3 Å². The van der Waals surface area contributed by atoms with Gasteiger partial charge in [0.2, 0.25) is 11.8 Å². The second-order valence-corrected chi connectivity index (χ2v) is 9.37. The number of aromatic nitrogens is 4. The summed E-state index contributed by atoms with van der Waals surface area (Å²) in [5.41, 5.74) is 6.77. The Balaban J connectivity index is 1.29. The lowest BCUT2D eigenvalue weighted by Gasteiger charge is -2.27. The smallest absolute Gasteiger partial charge is 0.243 e. The zero-order chi connectivity index (χ0) is 19.6. The highest BCUT2D eigenvalue weighted by Crippen LogP contribution is 2.53. The summed E-state index contributed by atoms with van der Waals surface area (Å²) in [7, 11) is 0. The van der Waals surface area contributed by atoms with Gasteiger partial charge in [-0.15, -0.1) is 23.2 Å². The molecule has 3 aliphatic rings. The molecule has 0 spiro atoms. The van der Waals surface area contributed by atoms with Crippen molar-refractivity contribution in [1.29, 1.82) is 0 Å². The van der Waals surface area contributed by atoms with E-state index in [0.29, 0.717) is 36.5 Å². The normalized spacial score (nSPS) is 29.6. The molecule has 1 saturated heterocycles. The number of nitrogens with one attached hydrogen (secondary N) is 1. The van der Waals surface area contributed by atoms with E-state index in [2.05, 4.69) is 20.3 Å². The maximum Gasteiger partial charge on any atom is 0.243 e. The SMILES string of the molecule is Nc1ncnc2c1ncn2CC(=O)N1[C@@H]2C[C@@H]2C[C@H]1C(=O)NCC1CC1(Cl)Cl. The molecule has 5 rings (SSSR count). The molecule has 3 N–H and O–H groups in total. The van der Waals surface area contributed by atoms with Crippen molar-refractivity contribution in [2.45, 2.75) is 42.2 Å². The number of likely N-dealkylation sites (tertiary alicyclic amines) is 1. The Morgan fingerprint density at radius 3 is 2.82 bits per heavy atom. The summed E-state index contributed by atoms with van der Waals surface area (Å²) in [6, 6.07) is -0.316. The number of carbonyl (C=O) groups excluding carboxylic acids is 2. The zero-order valence-electron chi connectivity index (χ0n) is 14.9. The monoisotopic (exact) mass is 423 g/mol. The molecule has 28 heavy (non-hydrogen) atoms. The van der Waals surface area contributed by atoms with Crippen LogP contribution in [0.3, 0.4) is 0 Å². The molecule has 3 fully saturated rings. The first-order chi connectivity index (χ1) is 13.3. The lowest BCUT2D eigenvalue weighted by atomic mass is 10.1. The molecule has 1 unspecified atom stereocenters.